The monoisotopic (exact) mass is 219 g/mol. The van der Waals surface area contributed by atoms with E-state index >= 15 is 0 Å². The lowest BCUT2D eigenvalue weighted by molar-refractivity contribution is -0.119. The molecule has 1 unspecified atom stereocenters. The Morgan fingerprint density at radius 2 is 2.50 bits per heavy atom. The predicted octanol–water partition coefficient (Wildman–Crippen LogP) is 1.01. The molecule has 1 aliphatic heterocycles. The van der Waals surface area contributed by atoms with Crippen LogP contribution in [0.4, 0.5) is 0 Å². The highest BCUT2D eigenvalue weighted by Crippen LogP contribution is 2.10. The topological polar surface area (TPSA) is 54.0 Å². The maximum Gasteiger partial charge on any atom is 0.220 e. The smallest absolute Gasteiger partial charge is 0.220 e. The van der Waals surface area contributed by atoms with E-state index in [4.69, 9.17) is 0 Å². The third-order valence-corrected chi connectivity index (χ3v) is 2.89. The van der Waals surface area contributed by atoms with Gasteiger partial charge in [0.05, 0.1) is 5.69 Å². The van der Waals surface area contributed by atoms with Gasteiger partial charge in [-0.15, -0.1) is 0 Å². The lowest BCUT2D eigenvalue weighted by Crippen LogP contribution is -2.36. The Morgan fingerprint density at radius 1 is 1.62 bits per heavy atom. The second kappa shape index (κ2) is 5.07. The molecule has 1 aromatic rings. The van der Waals surface area contributed by atoms with E-state index in [2.05, 4.69) is 22.5 Å². The number of hydrogen-bond donors (Lipinski definition) is 2. The molecule has 16 heavy (non-hydrogen) atoms. The van der Waals surface area contributed by atoms with Crippen LogP contribution in [0, 0.1) is 0 Å². The predicted molar refractivity (Wildman–Crippen MR) is 61.8 cm³/mol. The summed E-state index contributed by atoms with van der Waals surface area (Å²) in [6, 6.07) is 6.40. The van der Waals surface area contributed by atoms with Gasteiger partial charge in [-0.2, -0.15) is 0 Å². The van der Waals surface area contributed by atoms with Gasteiger partial charge in [0.15, 0.2) is 0 Å². The van der Waals surface area contributed by atoms with Crippen LogP contribution in [-0.4, -0.2) is 23.5 Å². The number of nitrogens with zero attached hydrogens (tertiary/aromatic N) is 1. The Balaban J connectivity index is 1.80. The summed E-state index contributed by atoms with van der Waals surface area (Å²) in [4.78, 5) is 15.3. The van der Waals surface area contributed by atoms with E-state index in [1.165, 1.54) is 0 Å². The molecule has 4 heteroatoms. The Bertz CT molecular complexity index is 353. The zero-order valence-corrected chi connectivity index (χ0v) is 9.44. The van der Waals surface area contributed by atoms with Crippen molar-refractivity contribution in [2.24, 2.45) is 0 Å². The molecule has 86 valence electrons. The molecule has 2 rings (SSSR count). The van der Waals surface area contributed by atoms with E-state index in [9.17, 15) is 4.79 Å². The van der Waals surface area contributed by atoms with Crippen LogP contribution in [0.15, 0.2) is 24.4 Å². The van der Waals surface area contributed by atoms with E-state index in [0.29, 0.717) is 6.42 Å². The van der Waals surface area contributed by atoms with E-state index < -0.39 is 0 Å². The second-order valence-electron chi connectivity index (χ2n) is 4.19. The number of hydrogen-bond acceptors (Lipinski definition) is 3. The SMILES string of the molecule is C[C@@H](NCC1CCC(=O)N1)c1ccccn1. The Morgan fingerprint density at radius 3 is 3.12 bits per heavy atom. The minimum Gasteiger partial charge on any atom is -0.352 e. The first kappa shape index (κ1) is 11.1. The molecule has 2 N–H and O–H groups in total. The van der Waals surface area contributed by atoms with Gasteiger partial charge in [-0.1, -0.05) is 6.07 Å². The van der Waals surface area contributed by atoms with Crippen molar-refractivity contribution in [1.29, 1.82) is 0 Å². The summed E-state index contributed by atoms with van der Waals surface area (Å²) in [6.45, 7) is 2.89. The highest BCUT2D eigenvalue weighted by molar-refractivity contribution is 5.78. The molecule has 1 fully saturated rings. The normalized spacial score (nSPS) is 21.8. The number of carbonyl (C=O) groups is 1. The minimum absolute atomic E-state index is 0.164. The van der Waals surface area contributed by atoms with Gasteiger partial charge in [-0.25, -0.2) is 0 Å². The zero-order chi connectivity index (χ0) is 11.4. The molecule has 0 saturated carbocycles. The molecule has 1 amide bonds. The maximum absolute atomic E-state index is 11.0. The van der Waals surface area contributed by atoms with Crippen molar-refractivity contribution in [3.05, 3.63) is 30.1 Å². The molecular formula is C12H17N3O. The molecule has 0 aliphatic carbocycles. The number of rotatable bonds is 4. The van der Waals surface area contributed by atoms with Crippen molar-refractivity contribution in [3.63, 3.8) is 0 Å². The Kier molecular flexibility index (Phi) is 3.51. The summed E-state index contributed by atoms with van der Waals surface area (Å²) in [5.41, 5.74) is 1.03. The molecule has 4 nitrogen and oxygen atoms in total. The lowest BCUT2D eigenvalue weighted by Gasteiger charge is -2.16. The molecule has 2 atom stereocenters. The maximum atomic E-state index is 11.0. The first-order valence-electron chi connectivity index (χ1n) is 5.69. The summed E-state index contributed by atoms with van der Waals surface area (Å²) >= 11 is 0. The van der Waals surface area contributed by atoms with Gasteiger partial charge >= 0.3 is 0 Å². The summed E-state index contributed by atoms with van der Waals surface area (Å²) in [5.74, 6) is 0.164. The quantitative estimate of drug-likeness (QED) is 0.794. The molecule has 1 aliphatic rings. The van der Waals surface area contributed by atoms with Crippen LogP contribution in [0.25, 0.3) is 0 Å². The van der Waals surface area contributed by atoms with Gasteiger partial charge in [-0.3, -0.25) is 9.78 Å². The highest BCUT2D eigenvalue weighted by atomic mass is 16.1. The summed E-state index contributed by atoms with van der Waals surface area (Å²) < 4.78 is 0. The van der Waals surface area contributed by atoms with Gasteiger partial charge in [0, 0.05) is 31.2 Å². The summed E-state index contributed by atoms with van der Waals surface area (Å²) in [7, 11) is 0. The zero-order valence-electron chi connectivity index (χ0n) is 9.44. The van der Waals surface area contributed by atoms with E-state index in [1.54, 1.807) is 6.20 Å². The van der Waals surface area contributed by atoms with Crippen LogP contribution in [0.2, 0.25) is 0 Å². The fraction of sp³-hybridized carbons (Fsp3) is 0.500. The van der Waals surface area contributed by atoms with Crippen LogP contribution in [0.3, 0.4) is 0 Å². The molecule has 1 saturated heterocycles. The molecular weight excluding hydrogens is 202 g/mol. The minimum atomic E-state index is 0.164. The number of pyridine rings is 1. The number of nitrogens with one attached hydrogen (secondary N) is 2. The van der Waals surface area contributed by atoms with Crippen LogP contribution < -0.4 is 10.6 Å². The van der Waals surface area contributed by atoms with Gasteiger partial charge in [0.1, 0.15) is 0 Å². The van der Waals surface area contributed by atoms with E-state index in [-0.39, 0.29) is 18.0 Å². The highest BCUT2D eigenvalue weighted by Gasteiger charge is 2.20. The largest absolute Gasteiger partial charge is 0.352 e. The lowest BCUT2D eigenvalue weighted by atomic mass is 10.2. The number of amides is 1. The van der Waals surface area contributed by atoms with Gasteiger partial charge in [0.25, 0.3) is 0 Å². The second-order valence-corrected chi connectivity index (χ2v) is 4.19. The number of aromatic nitrogens is 1. The van der Waals surface area contributed by atoms with Crippen molar-refractivity contribution in [1.82, 2.24) is 15.6 Å². The summed E-state index contributed by atoms with van der Waals surface area (Å²) in [5, 5.41) is 6.32. The summed E-state index contributed by atoms with van der Waals surface area (Å²) in [6.07, 6.45) is 3.38. The van der Waals surface area contributed by atoms with Crippen molar-refractivity contribution in [2.45, 2.75) is 31.8 Å². The van der Waals surface area contributed by atoms with Gasteiger partial charge in [-0.05, 0) is 25.5 Å². The molecule has 1 aromatic heterocycles. The van der Waals surface area contributed by atoms with Gasteiger partial charge < -0.3 is 10.6 Å². The van der Waals surface area contributed by atoms with Crippen molar-refractivity contribution in [2.75, 3.05) is 6.54 Å². The van der Waals surface area contributed by atoms with Crippen LogP contribution >= 0.6 is 0 Å². The average Bonchev–Trinajstić information content (AvgIpc) is 2.73. The molecule has 0 aromatic carbocycles. The average molecular weight is 219 g/mol. The standard InChI is InChI=1S/C12H17N3O/c1-9(11-4-2-3-7-13-11)14-8-10-5-6-12(16)15-10/h2-4,7,9-10,14H,5-6,8H2,1H3,(H,15,16)/t9-,10?/m1/s1. The Labute approximate surface area is 95.5 Å². The first-order chi connectivity index (χ1) is 7.75. The number of carbonyl (C=O) groups excluding carboxylic acids is 1. The van der Waals surface area contributed by atoms with Crippen molar-refractivity contribution < 1.29 is 4.79 Å². The molecule has 0 spiro atoms. The van der Waals surface area contributed by atoms with Crippen LogP contribution in [0.1, 0.15) is 31.5 Å². The Hall–Kier alpha value is -1.42. The third kappa shape index (κ3) is 2.79. The molecule has 2 heterocycles. The third-order valence-electron chi connectivity index (χ3n) is 2.89. The fourth-order valence-corrected chi connectivity index (χ4v) is 1.89. The van der Waals surface area contributed by atoms with Crippen molar-refractivity contribution in [3.8, 4) is 0 Å². The molecule has 0 bridgehead atoms. The van der Waals surface area contributed by atoms with Crippen LogP contribution in [0.5, 0.6) is 0 Å². The van der Waals surface area contributed by atoms with E-state index in [1.807, 2.05) is 18.2 Å². The molecule has 0 radical (unpaired) electrons. The fourth-order valence-electron chi connectivity index (χ4n) is 1.89. The van der Waals surface area contributed by atoms with E-state index in [0.717, 1.165) is 18.7 Å². The van der Waals surface area contributed by atoms with Gasteiger partial charge in [0.2, 0.25) is 5.91 Å². The van der Waals surface area contributed by atoms with Crippen molar-refractivity contribution >= 4 is 5.91 Å². The van der Waals surface area contributed by atoms with Crippen LogP contribution in [-0.2, 0) is 4.79 Å². The first-order valence-corrected chi connectivity index (χ1v) is 5.69.